The van der Waals surface area contributed by atoms with Crippen LogP contribution in [-0.2, 0) is 0 Å². The first-order valence-electron chi connectivity index (χ1n) is 7.75. The molecule has 2 aromatic rings. The molecule has 1 N–H and O–H groups in total. The van der Waals surface area contributed by atoms with Crippen molar-refractivity contribution in [2.75, 3.05) is 26.2 Å². The third-order valence-electron chi connectivity index (χ3n) is 5.05. The third kappa shape index (κ3) is 2.22. The zero-order valence-electron chi connectivity index (χ0n) is 12.1. The number of likely N-dealkylation sites (tertiary alicyclic amines) is 1. The average Bonchev–Trinajstić information content (AvgIpc) is 3.17. The van der Waals surface area contributed by atoms with Crippen LogP contribution >= 0.6 is 0 Å². The number of carbonyl (C=O) groups excluding carboxylic acids is 1. The summed E-state index contributed by atoms with van der Waals surface area (Å²) in [6.07, 6.45) is 2.34. The van der Waals surface area contributed by atoms with Gasteiger partial charge < -0.3 is 10.2 Å². The van der Waals surface area contributed by atoms with E-state index in [-0.39, 0.29) is 5.91 Å². The molecule has 1 unspecified atom stereocenters. The smallest absolute Gasteiger partial charge is 0.253 e. The molecule has 2 saturated heterocycles. The van der Waals surface area contributed by atoms with Crippen LogP contribution in [0, 0.1) is 5.41 Å². The van der Waals surface area contributed by atoms with Crippen LogP contribution in [0.4, 0.5) is 0 Å². The summed E-state index contributed by atoms with van der Waals surface area (Å²) in [5, 5.41) is 5.77. The fourth-order valence-electron chi connectivity index (χ4n) is 3.76. The number of hydrogen-bond donors (Lipinski definition) is 1. The molecule has 3 heteroatoms. The highest BCUT2D eigenvalue weighted by Gasteiger charge is 2.41. The van der Waals surface area contributed by atoms with Gasteiger partial charge in [0.05, 0.1) is 0 Å². The van der Waals surface area contributed by atoms with E-state index in [0.29, 0.717) is 5.41 Å². The predicted octanol–water partition coefficient (Wildman–Crippen LogP) is 2.67. The number of rotatable bonds is 1. The molecule has 0 bridgehead atoms. The molecule has 3 nitrogen and oxygen atoms in total. The topological polar surface area (TPSA) is 32.3 Å². The minimum atomic E-state index is 0.185. The zero-order chi connectivity index (χ0) is 14.3. The van der Waals surface area contributed by atoms with Gasteiger partial charge in [0.2, 0.25) is 0 Å². The number of hydrogen-bond acceptors (Lipinski definition) is 2. The summed E-state index contributed by atoms with van der Waals surface area (Å²) >= 11 is 0. The maximum absolute atomic E-state index is 12.7. The molecule has 108 valence electrons. The predicted molar refractivity (Wildman–Crippen MR) is 84.4 cm³/mol. The Labute approximate surface area is 124 Å². The Kier molecular flexibility index (Phi) is 2.96. The SMILES string of the molecule is O=C(c1ccc2ccccc2c1)N1CCC2(CCNC2)C1. The maximum atomic E-state index is 12.7. The fraction of sp³-hybridized carbons (Fsp3) is 0.389. The number of carbonyl (C=O) groups is 1. The van der Waals surface area contributed by atoms with E-state index in [0.717, 1.165) is 43.5 Å². The summed E-state index contributed by atoms with van der Waals surface area (Å²) in [4.78, 5) is 14.8. The van der Waals surface area contributed by atoms with Crippen LogP contribution in [0.1, 0.15) is 23.2 Å². The molecule has 2 heterocycles. The van der Waals surface area contributed by atoms with Crippen molar-refractivity contribution in [2.45, 2.75) is 12.8 Å². The second-order valence-corrected chi connectivity index (χ2v) is 6.47. The first-order valence-corrected chi connectivity index (χ1v) is 7.75. The number of nitrogens with zero attached hydrogens (tertiary/aromatic N) is 1. The van der Waals surface area contributed by atoms with E-state index in [1.54, 1.807) is 0 Å². The van der Waals surface area contributed by atoms with E-state index in [2.05, 4.69) is 17.4 Å². The molecule has 0 aliphatic carbocycles. The van der Waals surface area contributed by atoms with E-state index in [9.17, 15) is 4.79 Å². The summed E-state index contributed by atoms with van der Waals surface area (Å²) in [5.41, 5.74) is 1.16. The Morgan fingerprint density at radius 3 is 2.76 bits per heavy atom. The highest BCUT2D eigenvalue weighted by Crippen LogP contribution is 2.36. The molecule has 0 radical (unpaired) electrons. The zero-order valence-corrected chi connectivity index (χ0v) is 12.1. The van der Waals surface area contributed by atoms with Crippen molar-refractivity contribution in [2.24, 2.45) is 5.41 Å². The molecule has 0 saturated carbocycles. The monoisotopic (exact) mass is 280 g/mol. The number of amides is 1. The van der Waals surface area contributed by atoms with Gasteiger partial charge in [-0.05, 0) is 42.3 Å². The fourth-order valence-corrected chi connectivity index (χ4v) is 3.76. The van der Waals surface area contributed by atoms with Crippen LogP contribution in [0.3, 0.4) is 0 Å². The van der Waals surface area contributed by atoms with Crippen LogP contribution in [-0.4, -0.2) is 37.0 Å². The highest BCUT2D eigenvalue weighted by atomic mass is 16.2. The van der Waals surface area contributed by atoms with Gasteiger partial charge >= 0.3 is 0 Å². The molecule has 0 aromatic heterocycles. The lowest BCUT2D eigenvalue weighted by Gasteiger charge is -2.22. The second-order valence-electron chi connectivity index (χ2n) is 6.47. The molecular weight excluding hydrogens is 260 g/mol. The lowest BCUT2D eigenvalue weighted by atomic mass is 9.86. The molecular formula is C18H20N2O. The van der Waals surface area contributed by atoms with E-state index < -0.39 is 0 Å². The minimum Gasteiger partial charge on any atom is -0.338 e. The summed E-state index contributed by atoms with van der Waals surface area (Å²) < 4.78 is 0. The van der Waals surface area contributed by atoms with Crippen molar-refractivity contribution in [1.82, 2.24) is 10.2 Å². The highest BCUT2D eigenvalue weighted by molar-refractivity contribution is 5.98. The largest absolute Gasteiger partial charge is 0.338 e. The molecule has 1 spiro atoms. The van der Waals surface area contributed by atoms with Crippen molar-refractivity contribution < 1.29 is 4.79 Å². The van der Waals surface area contributed by atoms with Gasteiger partial charge in [0, 0.05) is 30.6 Å². The van der Waals surface area contributed by atoms with Crippen LogP contribution in [0.15, 0.2) is 42.5 Å². The van der Waals surface area contributed by atoms with Crippen molar-refractivity contribution in [1.29, 1.82) is 0 Å². The normalized spacial score (nSPS) is 25.0. The van der Waals surface area contributed by atoms with Crippen molar-refractivity contribution >= 4 is 16.7 Å². The summed E-state index contributed by atoms with van der Waals surface area (Å²) in [6, 6.07) is 14.2. The Morgan fingerprint density at radius 2 is 1.95 bits per heavy atom. The Hall–Kier alpha value is -1.87. The van der Waals surface area contributed by atoms with Gasteiger partial charge in [0.25, 0.3) is 5.91 Å². The lowest BCUT2D eigenvalue weighted by Crippen LogP contribution is -2.33. The van der Waals surface area contributed by atoms with Gasteiger partial charge in [-0.3, -0.25) is 4.79 Å². The Bertz CT molecular complexity index is 688. The molecule has 2 aromatic carbocycles. The standard InChI is InChI=1S/C18H20N2O/c21-17(20-10-8-18(13-20)7-9-19-12-18)16-6-5-14-3-1-2-4-15(14)11-16/h1-6,11,19H,7-10,12-13H2. The van der Waals surface area contributed by atoms with Crippen LogP contribution in [0.25, 0.3) is 10.8 Å². The summed E-state index contributed by atoms with van der Waals surface area (Å²) in [7, 11) is 0. The van der Waals surface area contributed by atoms with Gasteiger partial charge in [-0.1, -0.05) is 30.3 Å². The molecule has 2 fully saturated rings. The molecule has 21 heavy (non-hydrogen) atoms. The molecule has 2 aliphatic rings. The van der Waals surface area contributed by atoms with Crippen LogP contribution in [0.2, 0.25) is 0 Å². The first-order chi connectivity index (χ1) is 10.3. The van der Waals surface area contributed by atoms with E-state index >= 15 is 0 Å². The van der Waals surface area contributed by atoms with Crippen LogP contribution < -0.4 is 5.32 Å². The maximum Gasteiger partial charge on any atom is 0.253 e. The number of nitrogens with one attached hydrogen (secondary N) is 1. The van der Waals surface area contributed by atoms with Crippen LogP contribution in [0.5, 0.6) is 0 Å². The Balaban J connectivity index is 1.59. The summed E-state index contributed by atoms with van der Waals surface area (Å²) in [5.74, 6) is 0.185. The van der Waals surface area contributed by atoms with Gasteiger partial charge in [-0.25, -0.2) is 0 Å². The van der Waals surface area contributed by atoms with Gasteiger partial charge in [-0.2, -0.15) is 0 Å². The van der Waals surface area contributed by atoms with Crippen molar-refractivity contribution in [3.05, 3.63) is 48.0 Å². The van der Waals surface area contributed by atoms with Crippen molar-refractivity contribution in [3.8, 4) is 0 Å². The van der Waals surface area contributed by atoms with Gasteiger partial charge in [-0.15, -0.1) is 0 Å². The van der Waals surface area contributed by atoms with Gasteiger partial charge in [0.15, 0.2) is 0 Å². The second kappa shape index (κ2) is 4.85. The average molecular weight is 280 g/mol. The molecule has 2 aliphatic heterocycles. The molecule has 1 amide bonds. The number of benzene rings is 2. The van der Waals surface area contributed by atoms with Crippen molar-refractivity contribution in [3.63, 3.8) is 0 Å². The number of fused-ring (bicyclic) bond motifs is 1. The van der Waals surface area contributed by atoms with E-state index in [1.807, 2.05) is 35.2 Å². The van der Waals surface area contributed by atoms with E-state index in [1.165, 1.54) is 11.8 Å². The quantitative estimate of drug-likeness (QED) is 0.871. The van der Waals surface area contributed by atoms with E-state index in [4.69, 9.17) is 0 Å². The minimum absolute atomic E-state index is 0.185. The lowest BCUT2D eigenvalue weighted by molar-refractivity contribution is 0.0776. The molecule has 1 atom stereocenters. The van der Waals surface area contributed by atoms with Gasteiger partial charge in [0.1, 0.15) is 0 Å². The molecule has 4 rings (SSSR count). The third-order valence-corrected chi connectivity index (χ3v) is 5.05. The first kappa shape index (κ1) is 12.8. The Morgan fingerprint density at radius 1 is 1.10 bits per heavy atom. The summed E-state index contributed by atoms with van der Waals surface area (Å²) in [6.45, 7) is 3.96.